The fourth-order valence-corrected chi connectivity index (χ4v) is 2.17. The summed E-state index contributed by atoms with van der Waals surface area (Å²) >= 11 is 17.4. The topological polar surface area (TPSA) is 68.1 Å². The monoisotopic (exact) mass is 320 g/mol. The Labute approximate surface area is 124 Å². The number of rotatable bonds is 2. The van der Waals surface area contributed by atoms with Crippen LogP contribution in [0.15, 0.2) is 24.4 Å². The number of nitrogens with two attached hydrogens (primary N) is 1. The van der Waals surface area contributed by atoms with Crippen molar-refractivity contribution in [2.45, 2.75) is 9.83 Å². The second-order valence-electron chi connectivity index (χ2n) is 4.02. The Morgan fingerprint density at radius 3 is 2.68 bits per heavy atom. The minimum absolute atomic E-state index is 0.410. The van der Waals surface area contributed by atoms with Gasteiger partial charge in [-0.1, -0.05) is 34.8 Å². The van der Waals surface area contributed by atoms with Crippen molar-refractivity contribution in [2.24, 2.45) is 5.73 Å². The highest BCUT2D eigenvalue weighted by molar-refractivity contribution is 6.68. The number of benzene rings is 1. The molecular weight excluding hydrogens is 311 g/mol. The van der Waals surface area contributed by atoms with Gasteiger partial charge in [0.15, 0.2) is 0 Å². The number of fused-ring (bicyclic) bond motifs is 1. The van der Waals surface area contributed by atoms with Gasteiger partial charge in [-0.15, -0.1) is 0 Å². The molecule has 1 aromatic heterocycles. The van der Waals surface area contributed by atoms with E-state index in [0.717, 1.165) is 10.9 Å². The molecule has 0 spiro atoms. The Morgan fingerprint density at radius 1 is 1.42 bits per heavy atom. The summed E-state index contributed by atoms with van der Waals surface area (Å²) in [7, 11) is 1.32. The summed E-state index contributed by atoms with van der Waals surface area (Å²) in [5.41, 5.74) is 7.74. The number of methoxy groups -OCH3 is 1. The van der Waals surface area contributed by atoms with E-state index in [0.29, 0.717) is 11.1 Å². The van der Waals surface area contributed by atoms with Gasteiger partial charge >= 0.3 is 5.97 Å². The van der Waals surface area contributed by atoms with Crippen LogP contribution in [-0.4, -0.2) is 21.9 Å². The van der Waals surface area contributed by atoms with E-state index in [4.69, 9.17) is 40.5 Å². The molecule has 2 aromatic rings. The lowest BCUT2D eigenvalue weighted by Crippen LogP contribution is -2.25. The summed E-state index contributed by atoms with van der Waals surface area (Å²) in [6.07, 6.45) is 1.66. The number of nitrogens with one attached hydrogen (secondary N) is 1. The van der Waals surface area contributed by atoms with E-state index >= 15 is 0 Å². The Hall–Kier alpha value is -0.940. The number of esters is 1. The smallest absolute Gasteiger partial charge is 0.337 e. The van der Waals surface area contributed by atoms with Gasteiger partial charge in [-0.05, 0) is 23.8 Å². The fourth-order valence-electron chi connectivity index (χ4n) is 1.82. The number of halogens is 3. The SMILES string of the molecule is COC(=O)c1ccc2[nH]cc(C(N)C(Cl)(Cl)Cl)c2c1. The number of aromatic nitrogens is 1. The number of ether oxygens (including phenoxy) is 1. The van der Waals surface area contributed by atoms with Gasteiger partial charge < -0.3 is 15.5 Å². The molecular formula is C12H11Cl3N2O2. The van der Waals surface area contributed by atoms with E-state index in [2.05, 4.69) is 9.72 Å². The predicted molar refractivity (Wildman–Crippen MR) is 76.9 cm³/mol. The van der Waals surface area contributed by atoms with Crippen molar-refractivity contribution in [3.63, 3.8) is 0 Å². The first-order chi connectivity index (χ1) is 8.84. The van der Waals surface area contributed by atoms with Gasteiger partial charge in [0, 0.05) is 17.1 Å². The van der Waals surface area contributed by atoms with E-state index in [-0.39, 0.29) is 0 Å². The molecule has 1 aromatic carbocycles. The lowest BCUT2D eigenvalue weighted by molar-refractivity contribution is 0.0601. The second kappa shape index (κ2) is 5.21. The summed E-state index contributed by atoms with van der Waals surface area (Å²) < 4.78 is 3.04. The van der Waals surface area contributed by atoms with E-state index in [1.54, 1.807) is 24.4 Å². The van der Waals surface area contributed by atoms with Gasteiger partial charge in [-0.2, -0.15) is 0 Å². The molecule has 19 heavy (non-hydrogen) atoms. The lowest BCUT2D eigenvalue weighted by Gasteiger charge is -2.19. The molecule has 0 fully saturated rings. The maximum absolute atomic E-state index is 11.5. The van der Waals surface area contributed by atoms with Crippen LogP contribution in [0, 0.1) is 0 Å². The van der Waals surface area contributed by atoms with Gasteiger partial charge in [-0.3, -0.25) is 0 Å². The third kappa shape index (κ3) is 2.82. The Bertz CT molecular complexity index is 619. The second-order valence-corrected chi connectivity index (χ2v) is 6.38. The Kier molecular flexibility index (Phi) is 3.97. The maximum atomic E-state index is 11.5. The van der Waals surface area contributed by atoms with Crippen LogP contribution in [0.1, 0.15) is 22.0 Å². The average Bonchev–Trinajstić information content (AvgIpc) is 2.78. The third-order valence-corrected chi connectivity index (χ3v) is 3.53. The number of hydrogen-bond donors (Lipinski definition) is 2. The molecule has 102 valence electrons. The van der Waals surface area contributed by atoms with Gasteiger partial charge in [-0.25, -0.2) is 4.79 Å². The summed E-state index contributed by atoms with van der Waals surface area (Å²) in [5, 5.41) is 0.724. The number of aromatic amines is 1. The summed E-state index contributed by atoms with van der Waals surface area (Å²) in [4.78, 5) is 14.5. The van der Waals surface area contributed by atoms with E-state index in [1.807, 2.05) is 0 Å². The number of alkyl halides is 3. The van der Waals surface area contributed by atoms with E-state index in [9.17, 15) is 4.79 Å². The van der Waals surface area contributed by atoms with E-state index in [1.165, 1.54) is 7.11 Å². The molecule has 0 aliphatic rings. The van der Waals surface area contributed by atoms with Crippen LogP contribution in [0.2, 0.25) is 0 Å². The molecule has 1 atom stereocenters. The molecule has 0 amide bonds. The minimum Gasteiger partial charge on any atom is -0.465 e. The first kappa shape index (κ1) is 14.5. The van der Waals surface area contributed by atoms with Crippen LogP contribution in [0.4, 0.5) is 0 Å². The fraction of sp³-hybridized carbons (Fsp3) is 0.250. The summed E-state index contributed by atoms with van der Waals surface area (Å²) in [6, 6.07) is 4.24. The van der Waals surface area contributed by atoms with Gasteiger partial charge in [0.1, 0.15) is 0 Å². The van der Waals surface area contributed by atoms with Crippen molar-refractivity contribution >= 4 is 51.7 Å². The molecule has 0 aliphatic heterocycles. The normalized spacial score (nSPS) is 13.5. The number of hydrogen-bond acceptors (Lipinski definition) is 3. The molecule has 3 N–H and O–H groups in total. The van der Waals surface area contributed by atoms with Gasteiger partial charge in [0.2, 0.25) is 3.79 Å². The Balaban J connectivity index is 2.55. The maximum Gasteiger partial charge on any atom is 0.337 e. The van der Waals surface area contributed by atoms with Crippen molar-refractivity contribution in [1.82, 2.24) is 4.98 Å². The van der Waals surface area contributed by atoms with Crippen molar-refractivity contribution in [3.05, 3.63) is 35.5 Å². The van der Waals surface area contributed by atoms with Crippen molar-refractivity contribution in [3.8, 4) is 0 Å². The van der Waals surface area contributed by atoms with Crippen LogP contribution in [0.5, 0.6) is 0 Å². The molecule has 1 heterocycles. The molecule has 0 saturated carbocycles. The molecule has 0 bridgehead atoms. The lowest BCUT2D eigenvalue weighted by atomic mass is 10.1. The third-order valence-electron chi connectivity index (χ3n) is 2.82. The highest BCUT2D eigenvalue weighted by Gasteiger charge is 2.32. The molecule has 0 saturated heterocycles. The van der Waals surface area contributed by atoms with Gasteiger partial charge in [0.05, 0.1) is 18.7 Å². The zero-order valence-electron chi connectivity index (χ0n) is 9.91. The van der Waals surface area contributed by atoms with Crippen LogP contribution in [-0.2, 0) is 4.74 Å². The molecule has 4 nitrogen and oxygen atoms in total. The molecule has 0 radical (unpaired) electrons. The molecule has 1 unspecified atom stereocenters. The first-order valence-electron chi connectivity index (χ1n) is 5.36. The number of carbonyl (C=O) groups excluding carboxylic acids is 1. The molecule has 0 aliphatic carbocycles. The zero-order chi connectivity index (χ0) is 14.2. The number of carbonyl (C=O) groups is 1. The predicted octanol–water partition coefficient (Wildman–Crippen LogP) is 3.32. The van der Waals surface area contributed by atoms with Gasteiger partial charge in [0.25, 0.3) is 0 Å². The Morgan fingerprint density at radius 2 is 2.11 bits per heavy atom. The van der Waals surface area contributed by atoms with Crippen molar-refractivity contribution in [1.29, 1.82) is 0 Å². The standard InChI is InChI=1S/C12H11Cl3N2O2/c1-19-11(18)6-2-3-9-7(4-6)8(5-17-9)10(16)12(13,14)15/h2-5,10,17H,16H2,1H3. The van der Waals surface area contributed by atoms with Crippen LogP contribution in [0.3, 0.4) is 0 Å². The summed E-state index contributed by atoms with van der Waals surface area (Å²) in [5.74, 6) is -0.434. The van der Waals surface area contributed by atoms with Crippen LogP contribution < -0.4 is 5.73 Å². The molecule has 7 heteroatoms. The van der Waals surface area contributed by atoms with Crippen LogP contribution >= 0.6 is 34.8 Å². The zero-order valence-corrected chi connectivity index (χ0v) is 12.2. The minimum atomic E-state index is -1.63. The largest absolute Gasteiger partial charge is 0.465 e. The highest BCUT2D eigenvalue weighted by atomic mass is 35.6. The quantitative estimate of drug-likeness (QED) is 0.658. The van der Waals surface area contributed by atoms with Crippen molar-refractivity contribution in [2.75, 3.05) is 7.11 Å². The molecule has 2 rings (SSSR count). The number of H-pyrrole nitrogens is 1. The first-order valence-corrected chi connectivity index (χ1v) is 6.49. The van der Waals surface area contributed by atoms with Crippen LogP contribution in [0.25, 0.3) is 10.9 Å². The average molecular weight is 322 g/mol. The highest BCUT2D eigenvalue weighted by Crippen LogP contribution is 2.40. The van der Waals surface area contributed by atoms with Crippen molar-refractivity contribution < 1.29 is 9.53 Å². The summed E-state index contributed by atoms with van der Waals surface area (Å²) in [6.45, 7) is 0. The van der Waals surface area contributed by atoms with E-state index < -0.39 is 15.8 Å².